The largest absolute Gasteiger partial charge is 0.394 e. The van der Waals surface area contributed by atoms with Gasteiger partial charge in [0.15, 0.2) is 0 Å². The van der Waals surface area contributed by atoms with E-state index in [2.05, 4.69) is 0 Å². The average Bonchev–Trinajstić information content (AvgIpc) is 2.37. The maximum Gasteiger partial charge on any atom is 0.227 e. The van der Waals surface area contributed by atoms with Crippen LogP contribution in [-0.4, -0.2) is 54.9 Å². The van der Waals surface area contributed by atoms with E-state index in [9.17, 15) is 4.79 Å². The Morgan fingerprint density at radius 1 is 1.44 bits per heavy atom. The molecule has 1 rings (SSSR count). The highest BCUT2D eigenvalue weighted by molar-refractivity contribution is 5.79. The Bertz CT molecular complexity index is 251. The molecule has 0 spiro atoms. The van der Waals surface area contributed by atoms with E-state index in [4.69, 9.17) is 15.6 Å². The molecule has 0 radical (unpaired) electrons. The molecule has 1 amide bonds. The number of carbonyl (C=O) groups is 1. The number of rotatable bonds is 6. The third-order valence-electron chi connectivity index (χ3n) is 3.57. The second-order valence-corrected chi connectivity index (χ2v) is 5.21. The van der Waals surface area contributed by atoms with E-state index in [1.54, 1.807) is 0 Å². The summed E-state index contributed by atoms with van der Waals surface area (Å²) in [7, 11) is 0. The van der Waals surface area contributed by atoms with E-state index >= 15 is 0 Å². The molecule has 0 saturated carbocycles. The normalized spacial score (nSPS) is 19.3. The van der Waals surface area contributed by atoms with E-state index in [1.807, 2.05) is 18.7 Å². The Hall–Kier alpha value is -0.650. The van der Waals surface area contributed by atoms with E-state index in [0.717, 1.165) is 25.9 Å². The molecule has 5 heteroatoms. The smallest absolute Gasteiger partial charge is 0.227 e. The van der Waals surface area contributed by atoms with Gasteiger partial charge in [-0.3, -0.25) is 4.79 Å². The topological polar surface area (TPSA) is 75.8 Å². The number of likely N-dealkylation sites (tertiary alicyclic amines) is 1. The number of nitrogens with two attached hydrogens (primary N) is 1. The number of aliphatic hydroxyl groups excluding tert-OH is 1. The van der Waals surface area contributed by atoms with E-state index < -0.39 is 0 Å². The van der Waals surface area contributed by atoms with Crippen LogP contribution in [-0.2, 0) is 9.53 Å². The fraction of sp³-hybridized carbons (Fsp3) is 0.923. The second-order valence-electron chi connectivity index (χ2n) is 5.21. The van der Waals surface area contributed by atoms with Crippen LogP contribution in [0.5, 0.6) is 0 Å². The summed E-state index contributed by atoms with van der Waals surface area (Å²) >= 11 is 0. The summed E-state index contributed by atoms with van der Waals surface area (Å²) < 4.78 is 5.48. The summed E-state index contributed by atoms with van der Waals surface area (Å²) in [6, 6.07) is 0. The fourth-order valence-electron chi connectivity index (χ4n) is 2.35. The van der Waals surface area contributed by atoms with E-state index in [-0.39, 0.29) is 30.5 Å². The average molecular weight is 258 g/mol. The van der Waals surface area contributed by atoms with Gasteiger partial charge < -0.3 is 20.5 Å². The summed E-state index contributed by atoms with van der Waals surface area (Å²) in [5.74, 6) is 0.388. The molecule has 0 aromatic heterocycles. The first-order valence-electron chi connectivity index (χ1n) is 6.81. The molecule has 5 nitrogen and oxygen atoms in total. The zero-order valence-corrected chi connectivity index (χ0v) is 11.5. The van der Waals surface area contributed by atoms with Crippen LogP contribution in [0.3, 0.4) is 0 Å². The molecule has 1 aliphatic rings. The van der Waals surface area contributed by atoms with Gasteiger partial charge in [0.1, 0.15) is 0 Å². The number of ether oxygens (including phenoxy) is 1. The first kappa shape index (κ1) is 15.4. The molecule has 1 fully saturated rings. The number of carbonyl (C=O) groups excluding carboxylic acids is 1. The van der Waals surface area contributed by atoms with Gasteiger partial charge in [0.2, 0.25) is 5.91 Å². The highest BCUT2D eigenvalue weighted by Crippen LogP contribution is 2.19. The quantitative estimate of drug-likeness (QED) is 0.714. The molecule has 1 atom stereocenters. The number of amides is 1. The molecule has 0 aromatic rings. The van der Waals surface area contributed by atoms with Crippen molar-refractivity contribution in [3.63, 3.8) is 0 Å². The minimum Gasteiger partial charge on any atom is -0.394 e. The molecule has 1 unspecified atom stereocenters. The number of hydrogen-bond donors (Lipinski definition) is 2. The Morgan fingerprint density at radius 2 is 2.06 bits per heavy atom. The van der Waals surface area contributed by atoms with Crippen molar-refractivity contribution in [2.24, 2.45) is 17.6 Å². The molecule has 0 aromatic carbocycles. The van der Waals surface area contributed by atoms with Gasteiger partial charge in [-0.1, -0.05) is 13.8 Å². The van der Waals surface area contributed by atoms with E-state index in [0.29, 0.717) is 13.2 Å². The minimum atomic E-state index is -0.0695. The van der Waals surface area contributed by atoms with Gasteiger partial charge in [0, 0.05) is 19.6 Å². The molecule has 1 saturated heterocycles. The van der Waals surface area contributed by atoms with Crippen LogP contribution in [0, 0.1) is 11.8 Å². The fourth-order valence-corrected chi connectivity index (χ4v) is 2.35. The van der Waals surface area contributed by atoms with Gasteiger partial charge in [-0.2, -0.15) is 0 Å². The van der Waals surface area contributed by atoms with Crippen LogP contribution in [0.15, 0.2) is 0 Å². The van der Waals surface area contributed by atoms with E-state index in [1.165, 1.54) is 0 Å². The Kier molecular flexibility index (Phi) is 6.60. The van der Waals surface area contributed by atoms with Gasteiger partial charge in [-0.25, -0.2) is 0 Å². The maximum absolute atomic E-state index is 12.3. The molecule has 1 heterocycles. The zero-order valence-electron chi connectivity index (χ0n) is 11.5. The third kappa shape index (κ3) is 4.23. The first-order chi connectivity index (χ1) is 8.60. The highest BCUT2D eigenvalue weighted by atomic mass is 16.5. The summed E-state index contributed by atoms with van der Waals surface area (Å²) in [4.78, 5) is 14.2. The predicted octanol–water partition coefficient (Wildman–Crippen LogP) is 0.217. The van der Waals surface area contributed by atoms with Crippen molar-refractivity contribution in [2.75, 3.05) is 32.8 Å². The summed E-state index contributed by atoms with van der Waals surface area (Å²) in [5, 5.41) is 8.70. The van der Waals surface area contributed by atoms with Crippen molar-refractivity contribution in [2.45, 2.75) is 32.8 Å². The number of piperidine rings is 1. The molecule has 1 aliphatic heterocycles. The molecule has 3 N–H and O–H groups in total. The van der Waals surface area contributed by atoms with Crippen molar-refractivity contribution in [1.82, 2.24) is 4.90 Å². The Balaban J connectivity index is 2.39. The molecular formula is C13H26N2O3. The molecule has 106 valence electrons. The third-order valence-corrected chi connectivity index (χ3v) is 3.57. The van der Waals surface area contributed by atoms with Crippen LogP contribution < -0.4 is 5.73 Å². The van der Waals surface area contributed by atoms with Crippen LogP contribution in [0.4, 0.5) is 0 Å². The lowest BCUT2D eigenvalue weighted by molar-refractivity contribution is -0.139. The van der Waals surface area contributed by atoms with Crippen molar-refractivity contribution >= 4 is 5.91 Å². The maximum atomic E-state index is 12.3. The van der Waals surface area contributed by atoms with Gasteiger partial charge in [-0.05, 0) is 18.8 Å². The minimum absolute atomic E-state index is 0.0573. The molecule has 0 aliphatic carbocycles. The highest BCUT2D eigenvalue weighted by Gasteiger charge is 2.29. The van der Waals surface area contributed by atoms with Gasteiger partial charge >= 0.3 is 0 Å². The van der Waals surface area contributed by atoms with Crippen molar-refractivity contribution < 1.29 is 14.6 Å². The van der Waals surface area contributed by atoms with Crippen LogP contribution >= 0.6 is 0 Å². The Labute approximate surface area is 109 Å². The van der Waals surface area contributed by atoms with Crippen LogP contribution in [0.1, 0.15) is 26.7 Å². The summed E-state index contributed by atoms with van der Waals surface area (Å²) in [6.45, 7) is 6.39. The number of nitrogens with zero attached hydrogens (tertiary/aromatic N) is 1. The molecular weight excluding hydrogens is 232 g/mol. The van der Waals surface area contributed by atoms with Crippen molar-refractivity contribution in [1.29, 1.82) is 0 Å². The SMILES string of the molecule is CC(C)C(CN)C(=O)N1CCC(OCCO)CC1. The van der Waals surface area contributed by atoms with Crippen molar-refractivity contribution in [3.8, 4) is 0 Å². The summed E-state index contributed by atoms with van der Waals surface area (Å²) in [5.41, 5.74) is 5.67. The lowest BCUT2D eigenvalue weighted by Crippen LogP contribution is -2.46. The van der Waals surface area contributed by atoms with Crippen LogP contribution in [0.25, 0.3) is 0 Å². The predicted molar refractivity (Wildman–Crippen MR) is 70.0 cm³/mol. The summed E-state index contributed by atoms with van der Waals surface area (Å²) in [6.07, 6.45) is 1.87. The Morgan fingerprint density at radius 3 is 2.50 bits per heavy atom. The lowest BCUT2D eigenvalue weighted by Gasteiger charge is -2.34. The molecule has 0 bridgehead atoms. The monoisotopic (exact) mass is 258 g/mol. The zero-order chi connectivity index (χ0) is 13.5. The lowest BCUT2D eigenvalue weighted by atomic mass is 9.93. The van der Waals surface area contributed by atoms with Gasteiger partial charge in [0.05, 0.1) is 25.2 Å². The van der Waals surface area contributed by atoms with Crippen LogP contribution in [0.2, 0.25) is 0 Å². The van der Waals surface area contributed by atoms with Crippen molar-refractivity contribution in [3.05, 3.63) is 0 Å². The molecule has 18 heavy (non-hydrogen) atoms. The first-order valence-corrected chi connectivity index (χ1v) is 6.81. The van der Waals surface area contributed by atoms with Gasteiger partial charge in [0.25, 0.3) is 0 Å². The number of hydrogen-bond acceptors (Lipinski definition) is 4. The van der Waals surface area contributed by atoms with Gasteiger partial charge in [-0.15, -0.1) is 0 Å². The second kappa shape index (κ2) is 7.71. The number of aliphatic hydroxyl groups is 1. The standard InChI is InChI=1S/C13H26N2O3/c1-10(2)12(9-14)13(17)15-5-3-11(4-6-15)18-8-7-16/h10-12,16H,3-9,14H2,1-2H3.